The third-order valence-electron chi connectivity index (χ3n) is 3.79. The lowest BCUT2D eigenvalue weighted by Crippen LogP contribution is -2.37. The Hall–Kier alpha value is -2.63. The molecule has 0 aliphatic carbocycles. The van der Waals surface area contributed by atoms with Gasteiger partial charge >= 0.3 is 0 Å². The van der Waals surface area contributed by atoms with Crippen LogP contribution < -0.4 is 10.2 Å². The molecule has 1 aromatic carbocycles. The Morgan fingerprint density at radius 1 is 1.32 bits per heavy atom. The monoisotopic (exact) mass is 299 g/mol. The maximum Gasteiger partial charge on any atom is 0.257 e. The highest BCUT2D eigenvalue weighted by Crippen LogP contribution is 2.21. The molecule has 1 aromatic heterocycles. The minimum absolute atomic E-state index is 0.00950. The summed E-state index contributed by atoms with van der Waals surface area (Å²) < 4.78 is 5.00. The third-order valence-corrected chi connectivity index (χ3v) is 3.79. The average Bonchev–Trinajstić information content (AvgIpc) is 3.02. The van der Waals surface area contributed by atoms with Gasteiger partial charge in [0.25, 0.3) is 5.91 Å². The number of benzene rings is 1. The Morgan fingerprint density at radius 3 is 2.68 bits per heavy atom. The molecule has 1 saturated heterocycles. The van der Waals surface area contributed by atoms with Gasteiger partial charge in [-0.15, -0.1) is 0 Å². The Morgan fingerprint density at radius 2 is 2.05 bits per heavy atom. The predicted octanol–water partition coefficient (Wildman–Crippen LogP) is 1.83. The van der Waals surface area contributed by atoms with Crippen LogP contribution in [0.3, 0.4) is 0 Å². The molecule has 1 fully saturated rings. The largest absolute Gasteiger partial charge is 0.361 e. The van der Waals surface area contributed by atoms with Crippen LogP contribution in [0.5, 0.6) is 0 Å². The van der Waals surface area contributed by atoms with Gasteiger partial charge in [-0.05, 0) is 26.0 Å². The molecule has 22 heavy (non-hydrogen) atoms. The first kappa shape index (κ1) is 14.3. The molecular weight excluding hydrogens is 282 g/mol. The normalized spacial score (nSPS) is 17.8. The SMILES string of the molecule is Cc1noc(C)c1C(=O)N[C@@H]1CC(=O)N(c2ccccc2)C1. The molecule has 0 spiro atoms. The van der Waals surface area contributed by atoms with Crippen molar-refractivity contribution in [2.24, 2.45) is 0 Å². The third kappa shape index (κ3) is 2.59. The van der Waals surface area contributed by atoms with Crippen molar-refractivity contribution >= 4 is 17.5 Å². The van der Waals surface area contributed by atoms with Gasteiger partial charge in [0.1, 0.15) is 11.3 Å². The molecule has 0 radical (unpaired) electrons. The molecule has 114 valence electrons. The summed E-state index contributed by atoms with van der Waals surface area (Å²) in [5.74, 6) is 0.249. The molecule has 0 saturated carbocycles. The van der Waals surface area contributed by atoms with Gasteiger partial charge in [-0.3, -0.25) is 9.59 Å². The zero-order valence-corrected chi connectivity index (χ0v) is 12.5. The minimum atomic E-state index is -0.246. The molecule has 2 aromatic rings. The van der Waals surface area contributed by atoms with E-state index in [0.717, 1.165) is 5.69 Å². The summed E-state index contributed by atoms with van der Waals surface area (Å²) in [7, 11) is 0. The molecule has 3 rings (SSSR count). The number of para-hydroxylation sites is 1. The molecule has 6 heteroatoms. The molecule has 0 unspecified atom stereocenters. The van der Waals surface area contributed by atoms with Crippen molar-refractivity contribution in [3.63, 3.8) is 0 Å². The van der Waals surface area contributed by atoms with Crippen LogP contribution in [0.2, 0.25) is 0 Å². The number of carbonyl (C=O) groups is 2. The fourth-order valence-corrected chi connectivity index (χ4v) is 2.73. The van der Waals surface area contributed by atoms with Crippen molar-refractivity contribution in [3.8, 4) is 0 Å². The van der Waals surface area contributed by atoms with Gasteiger partial charge in [-0.2, -0.15) is 0 Å². The van der Waals surface area contributed by atoms with Crippen LogP contribution in [0.4, 0.5) is 5.69 Å². The molecular formula is C16H17N3O3. The fraction of sp³-hybridized carbons (Fsp3) is 0.312. The van der Waals surface area contributed by atoms with Gasteiger partial charge in [0, 0.05) is 18.7 Å². The summed E-state index contributed by atoms with van der Waals surface area (Å²) in [4.78, 5) is 26.1. The number of rotatable bonds is 3. The number of hydrogen-bond acceptors (Lipinski definition) is 4. The predicted molar refractivity (Wildman–Crippen MR) is 80.6 cm³/mol. The number of nitrogens with one attached hydrogen (secondary N) is 1. The van der Waals surface area contributed by atoms with Crippen molar-refractivity contribution in [1.82, 2.24) is 10.5 Å². The quantitative estimate of drug-likeness (QED) is 0.938. The first-order chi connectivity index (χ1) is 10.6. The highest BCUT2D eigenvalue weighted by Gasteiger charge is 2.32. The second-order valence-corrected chi connectivity index (χ2v) is 5.41. The van der Waals surface area contributed by atoms with E-state index in [2.05, 4.69) is 10.5 Å². The van der Waals surface area contributed by atoms with Crippen molar-refractivity contribution in [2.75, 3.05) is 11.4 Å². The van der Waals surface area contributed by atoms with Gasteiger partial charge in [-0.1, -0.05) is 23.4 Å². The van der Waals surface area contributed by atoms with Gasteiger partial charge in [-0.25, -0.2) is 0 Å². The van der Waals surface area contributed by atoms with E-state index >= 15 is 0 Å². The zero-order valence-electron chi connectivity index (χ0n) is 12.5. The standard InChI is InChI=1S/C16H17N3O3/c1-10-15(11(2)22-18-10)16(21)17-12-8-14(20)19(9-12)13-6-4-3-5-7-13/h3-7,12H,8-9H2,1-2H3,(H,17,21)/t12-/m1/s1. The van der Waals surface area contributed by atoms with Crippen LogP contribution in [0.1, 0.15) is 28.2 Å². The number of nitrogens with zero attached hydrogens (tertiary/aromatic N) is 2. The van der Waals surface area contributed by atoms with Crippen LogP contribution in [0, 0.1) is 13.8 Å². The topological polar surface area (TPSA) is 75.4 Å². The van der Waals surface area contributed by atoms with Crippen LogP contribution in [0.25, 0.3) is 0 Å². The molecule has 6 nitrogen and oxygen atoms in total. The van der Waals surface area contributed by atoms with E-state index in [0.29, 0.717) is 30.0 Å². The lowest BCUT2D eigenvalue weighted by Gasteiger charge is -2.17. The van der Waals surface area contributed by atoms with Crippen molar-refractivity contribution < 1.29 is 14.1 Å². The van der Waals surface area contributed by atoms with Crippen LogP contribution >= 0.6 is 0 Å². The van der Waals surface area contributed by atoms with E-state index in [1.165, 1.54) is 0 Å². The van der Waals surface area contributed by atoms with Gasteiger partial charge in [0.05, 0.1) is 11.7 Å². The van der Waals surface area contributed by atoms with Crippen molar-refractivity contribution in [2.45, 2.75) is 26.3 Å². The Bertz CT molecular complexity index is 689. The fourth-order valence-electron chi connectivity index (χ4n) is 2.73. The first-order valence-corrected chi connectivity index (χ1v) is 7.15. The number of amides is 2. The van der Waals surface area contributed by atoms with Gasteiger partial charge < -0.3 is 14.7 Å². The van der Waals surface area contributed by atoms with Crippen molar-refractivity contribution in [1.29, 1.82) is 0 Å². The Labute approximate surface area is 128 Å². The van der Waals surface area contributed by atoms with E-state index in [9.17, 15) is 9.59 Å². The summed E-state index contributed by atoms with van der Waals surface area (Å²) in [6.07, 6.45) is 0.296. The van der Waals surface area contributed by atoms with E-state index in [-0.39, 0.29) is 17.9 Å². The summed E-state index contributed by atoms with van der Waals surface area (Å²) in [6.45, 7) is 3.89. The van der Waals surface area contributed by atoms with E-state index in [1.54, 1.807) is 18.7 Å². The highest BCUT2D eigenvalue weighted by molar-refractivity contribution is 5.99. The molecule has 1 aliphatic rings. The second kappa shape index (κ2) is 5.63. The van der Waals surface area contributed by atoms with Gasteiger partial charge in [0.15, 0.2) is 0 Å². The van der Waals surface area contributed by atoms with E-state index < -0.39 is 0 Å². The summed E-state index contributed by atoms with van der Waals surface area (Å²) >= 11 is 0. The molecule has 2 amide bonds. The van der Waals surface area contributed by atoms with Crippen LogP contribution in [-0.4, -0.2) is 29.6 Å². The Kier molecular flexibility index (Phi) is 3.66. The number of carbonyl (C=O) groups excluding carboxylic acids is 2. The molecule has 1 N–H and O–H groups in total. The number of hydrogen-bond donors (Lipinski definition) is 1. The van der Waals surface area contributed by atoms with Gasteiger partial charge in [0.2, 0.25) is 5.91 Å². The Balaban J connectivity index is 1.71. The molecule has 1 atom stereocenters. The molecule has 1 aliphatic heterocycles. The molecule has 0 bridgehead atoms. The van der Waals surface area contributed by atoms with Crippen LogP contribution in [0.15, 0.2) is 34.9 Å². The van der Waals surface area contributed by atoms with Crippen molar-refractivity contribution in [3.05, 3.63) is 47.3 Å². The highest BCUT2D eigenvalue weighted by atomic mass is 16.5. The first-order valence-electron chi connectivity index (χ1n) is 7.15. The maximum atomic E-state index is 12.3. The summed E-state index contributed by atoms with van der Waals surface area (Å²) in [5, 5.41) is 6.67. The summed E-state index contributed by atoms with van der Waals surface area (Å²) in [5.41, 5.74) is 1.85. The number of aromatic nitrogens is 1. The van der Waals surface area contributed by atoms with E-state index in [1.807, 2.05) is 30.3 Å². The zero-order chi connectivity index (χ0) is 15.7. The number of aryl methyl sites for hydroxylation is 2. The average molecular weight is 299 g/mol. The lowest BCUT2D eigenvalue weighted by molar-refractivity contribution is -0.117. The second-order valence-electron chi connectivity index (χ2n) is 5.41. The molecule has 2 heterocycles. The van der Waals surface area contributed by atoms with Crippen LogP contribution in [-0.2, 0) is 4.79 Å². The maximum absolute atomic E-state index is 12.3. The summed E-state index contributed by atoms with van der Waals surface area (Å²) in [6, 6.07) is 9.23. The smallest absolute Gasteiger partial charge is 0.257 e. The van der Waals surface area contributed by atoms with E-state index in [4.69, 9.17) is 4.52 Å². The minimum Gasteiger partial charge on any atom is -0.361 e. The lowest BCUT2D eigenvalue weighted by atomic mass is 10.1. The number of anilines is 1.